The lowest BCUT2D eigenvalue weighted by Crippen LogP contribution is -2.41. The Morgan fingerprint density at radius 2 is 1.68 bits per heavy atom. The molecule has 0 bridgehead atoms. The van der Waals surface area contributed by atoms with Gasteiger partial charge in [0.05, 0.1) is 30.2 Å². The molecule has 22 heavy (non-hydrogen) atoms. The maximum Gasteiger partial charge on any atom is 0.264 e. The van der Waals surface area contributed by atoms with Gasteiger partial charge in [-0.15, -0.1) is 0 Å². The second kappa shape index (κ2) is 6.48. The Balaban J connectivity index is 2.46. The first-order valence-corrected chi connectivity index (χ1v) is 7.81. The van der Waals surface area contributed by atoms with Gasteiger partial charge in [0.25, 0.3) is 10.0 Å². The number of hydrogen-bond donors (Lipinski definition) is 0. The average molecular weight is 320 g/mol. The van der Waals surface area contributed by atoms with Crippen LogP contribution in [0, 0.1) is 0 Å². The molecule has 0 saturated heterocycles. The Kier molecular flexibility index (Phi) is 4.67. The van der Waals surface area contributed by atoms with E-state index in [1.807, 2.05) is 0 Å². The fourth-order valence-corrected chi connectivity index (χ4v) is 3.31. The normalized spacial score (nSPS) is 11.0. The number of hydrogen-bond acceptors (Lipinski definition) is 5. The number of carbonyl (C=O) groups excluding carboxylic acids is 1. The molecule has 2 aromatic carbocycles. The van der Waals surface area contributed by atoms with Gasteiger partial charge in [0.2, 0.25) is 0 Å². The number of methoxy groups -OCH3 is 1. The predicted molar refractivity (Wildman–Crippen MR) is 79.0 cm³/mol. The van der Waals surface area contributed by atoms with Crippen molar-refractivity contribution < 1.29 is 23.1 Å². The number of para-hydroxylation sites is 1. The van der Waals surface area contributed by atoms with Gasteiger partial charge in [0.1, 0.15) is 5.75 Å². The van der Waals surface area contributed by atoms with E-state index in [9.17, 15) is 18.3 Å². The van der Waals surface area contributed by atoms with Gasteiger partial charge in [0.15, 0.2) is 0 Å². The number of ether oxygens (including phenoxy) is 1. The highest BCUT2D eigenvalue weighted by molar-refractivity contribution is 7.92. The van der Waals surface area contributed by atoms with E-state index >= 15 is 0 Å². The van der Waals surface area contributed by atoms with Crippen LogP contribution in [0.2, 0.25) is 0 Å². The lowest BCUT2D eigenvalue weighted by molar-refractivity contribution is -0.303. The van der Waals surface area contributed by atoms with Crippen LogP contribution in [0.4, 0.5) is 5.69 Å². The van der Waals surface area contributed by atoms with Crippen molar-refractivity contribution in [3.63, 3.8) is 0 Å². The molecule has 0 heterocycles. The van der Waals surface area contributed by atoms with Gasteiger partial charge in [-0.05, 0) is 36.4 Å². The summed E-state index contributed by atoms with van der Waals surface area (Å²) < 4.78 is 31.1. The monoisotopic (exact) mass is 320 g/mol. The van der Waals surface area contributed by atoms with Crippen LogP contribution >= 0.6 is 0 Å². The molecule has 0 aliphatic rings. The number of aliphatic carboxylic acids is 1. The summed E-state index contributed by atoms with van der Waals surface area (Å²) in [5.74, 6) is -0.981. The quantitative estimate of drug-likeness (QED) is 0.779. The number of carboxylic acids is 1. The molecule has 2 aromatic rings. The van der Waals surface area contributed by atoms with Crippen molar-refractivity contribution >= 4 is 21.7 Å². The third-order valence-electron chi connectivity index (χ3n) is 2.96. The van der Waals surface area contributed by atoms with E-state index in [4.69, 9.17) is 4.74 Å². The highest BCUT2D eigenvalue weighted by Gasteiger charge is 2.25. The van der Waals surface area contributed by atoms with Gasteiger partial charge < -0.3 is 14.6 Å². The van der Waals surface area contributed by atoms with Gasteiger partial charge >= 0.3 is 0 Å². The molecule has 0 atom stereocenters. The summed E-state index contributed by atoms with van der Waals surface area (Å²) in [6.07, 6.45) is 0. The Morgan fingerprint density at radius 1 is 1.09 bits per heavy atom. The average Bonchev–Trinajstić information content (AvgIpc) is 2.53. The molecule has 0 spiro atoms. The maximum atomic E-state index is 12.7. The molecule has 0 fully saturated rings. The summed E-state index contributed by atoms with van der Waals surface area (Å²) >= 11 is 0. The Bertz CT molecular complexity index is 741. The smallest absolute Gasteiger partial charge is 0.264 e. The molecule has 7 heteroatoms. The summed E-state index contributed by atoms with van der Waals surface area (Å²) in [6, 6.07) is 13.7. The molecule has 0 aromatic heterocycles. The fourth-order valence-electron chi connectivity index (χ4n) is 1.90. The molecule has 0 amide bonds. The second-order valence-electron chi connectivity index (χ2n) is 4.39. The van der Waals surface area contributed by atoms with E-state index in [0.29, 0.717) is 5.75 Å². The summed E-state index contributed by atoms with van der Waals surface area (Å²) in [6.45, 7) is -0.766. The standard InChI is InChI=1S/C15H15NO5S/c1-21-13-7-9-14(10-8-13)22(19,20)16(11-15(17)18)12-5-3-2-4-6-12/h2-10H,11H2,1H3,(H,17,18)/p-1. The summed E-state index contributed by atoms with van der Waals surface area (Å²) in [5.41, 5.74) is 0.252. The molecule has 0 N–H and O–H groups in total. The number of sulfonamides is 1. The van der Waals surface area contributed by atoms with E-state index in [-0.39, 0.29) is 10.6 Å². The van der Waals surface area contributed by atoms with Crippen LogP contribution in [0.3, 0.4) is 0 Å². The molecule has 0 unspecified atom stereocenters. The van der Waals surface area contributed by atoms with E-state index < -0.39 is 22.5 Å². The summed E-state index contributed by atoms with van der Waals surface area (Å²) in [7, 11) is -2.55. The lowest BCUT2D eigenvalue weighted by atomic mass is 10.3. The Labute approximate surface area is 128 Å². The molecule has 2 rings (SSSR count). The van der Waals surface area contributed by atoms with Crippen molar-refractivity contribution in [2.75, 3.05) is 18.0 Å². The third kappa shape index (κ3) is 3.37. The van der Waals surface area contributed by atoms with Crippen LogP contribution in [0.25, 0.3) is 0 Å². The van der Waals surface area contributed by atoms with Gasteiger partial charge in [-0.1, -0.05) is 18.2 Å². The predicted octanol–water partition coefficient (Wildman–Crippen LogP) is 0.640. The first-order valence-electron chi connectivity index (χ1n) is 6.37. The number of nitrogens with zero attached hydrogens (tertiary/aromatic N) is 1. The molecule has 0 saturated carbocycles. The van der Waals surface area contributed by atoms with Crippen molar-refractivity contribution in [2.24, 2.45) is 0 Å². The van der Waals surface area contributed by atoms with Crippen molar-refractivity contribution in [1.82, 2.24) is 0 Å². The fraction of sp³-hybridized carbons (Fsp3) is 0.133. The summed E-state index contributed by atoms with van der Waals surface area (Å²) in [4.78, 5) is 10.9. The highest BCUT2D eigenvalue weighted by Crippen LogP contribution is 2.24. The molecule has 0 radical (unpaired) electrons. The van der Waals surface area contributed by atoms with Crippen LogP contribution < -0.4 is 14.1 Å². The number of anilines is 1. The number of rotatable bonds is 6. The minimum Gasteiger partial charge on any atom is -0.548 e. The largest absolute Gasteiger partial charge is 0.548 e. The van der Waals surface area contributed by atoms with Crippen LogP contribution in [-0.4, -0.2) is 28.0 Å². The third-order valence-corrected chi connectivity index (χ3v) is 4.75. The minimum atomic E-state index is -4.02. The van der Waals surface area contributed by atoms with Gasteiger partial charge in [-0.3, -0.25) is 4.31 Å². The van der Waals surface area contributed by atoms with E-state index in [1.54, 1.807) is 18.2 Å². The molecular formula is C15H14NO5S-. The Hall–Kier alpha value is -2.54. The SMILES string of the molecule is COc1ccc(S(=O)(=O)N(CC(=O)[O-])c2ccccc2)cc1. The zero-order valence-electron chi connectivity index (χ0n) is 11.8. The topological polar surface area (TPSA) is 86.7 Å². The number of carbonyl (C=O) groups is 1. The zero-order chi connectivity index (χ0) is 16.2. The van der Waals surface area contributed by atoms with E-state index in [2.05, 4.69) is 0 Å². The first kappa shape index (κ1) is 15.8. The number of carboxylic acid groups (broad SMARTS) is 1. The highest BCUT2D eigenvalue weighted by atomic mass is 32.2. The molecule has 0 aliphatic heterocycles. The van der Waals surface area contributed by atoms with Crippen molar-refractivity contribution in [3.8, 4) is 5.75 Å². The van der Waals surface area contributed by atoms with Crippen LogP contribution in [0.5, 0.6) is 5.75 Å². The molecule has 6 nitrogen and oxygen atoms in total. The molecular weight excluding hydrogens is 306 g/mol. The minimum absolute atomic E-state index is 0.0293. The maximum absolute atomic E-state index is 12.7. The van der Waals surface area contributed by atoms with Crippen LogP contribution in [0.1, 0.15) is 0 Å². The number of benzene rings is 2. The van der Waals surface area contributed by atoms with E-state index in [1.165, 1.54) is 43.5 Å². The van der Waals surface area contributed by atoms with Gasteiger partial charge in [-0.25, -0.2) is 8.42 Å². The van der Waals surface area contributed by atoms with Gasteiger partial charge in [0, 0.05) is 0 Å². The molecule has 116 valence electrons. The zero-order valence-corrected chi connectivity index (χ0v) is 12.6. The van der Waals surface area contributed by atoms with Crippen LogP contribution in [-0.2, 0) is 14.8 Å². The van der Waals surface area contributed by atoms with Crippen molar-refractivity contribution in [1.29, 1.82) is 0 Å². The van der Waals surface area contributed by atoms with Crippen molar-refractivity contribution in [3.05, 3.63) is 54.6 Å². The molecule has 0 aliphatic carbocycles. The van der Waals surface area contributed by atoms with Crippen LogP contribution in [0.15, 0.2) is 59.5 Å². The van der Waals surface area contributed by atoms with Crippen molar-refractivity contribution in [2.45, 2.75) is 4.90 Å². The first-order chi connectivity index (χ1) is 10.4. The second-order valence-corrected chi connectivity index (χ2v) is 6.26. The van der Waals surface area contributed by atoms with Gasteiger partial charge in [-0.2, -0.15) is 0 Å². The lowest BCUT2D eigenvalue weighted by Gasteiger charge is -2.24. The Morgan fingerprint density at radius 3 is 2.18 bits per heavy atom. The van der Waals surface area contributed by atoms with E-state index in [0.717, 1.165) is 4.31 Å². The summed E-state index contributed by atoms with van der Waals surface area (Å²) in [5, 5.41) is 10.9.